The molecule has 9 aromatic rings. The van der Waals surface area contributed by atoms with Crippen LogP contribution in [0.5, 0.6) is 0 Å². The Balaban J connectivity index is 1.30. The van der Waals surface area contributed by atoms with Crippen molar-refractivity contribution < 1.29 is 13.7 Å². The summed E-state index contributed by atoms with van der Waals surface area (Å²) >= 11 is 0. The summed E-state index contributed by atoms with van der Waals surface area (Å²) in [6.07, 6.45) is 0. The second-order valence-electron chi connectivity index (χ2n) is 11.2. The largest absolute Gasteiger partial charge is 0.292 e. The molecule has 2 heteroatoms. The molecule has 0 atom stereocenters. The normalized spacial score (nSPS) is 14.4. The molecule has 8 aromatic carbocycles. The highest BCUT2D eigenvalue weighted by Gasteiger charge is 2.19. The third kappa shape index (κ3) is 4.62. The molecule has 0 amide bonds. The van der Waals surface area contributed by atoms with Crippen LogP contribution in [-0.4, -0.2) is 9.55 Å². The van der Waals surface area contributed by atoms with Crippen molar-refractivity contribution in [3.8, 4) is 50.5 Å². The fourth-order valence-corrected chi connectivity index (χ4v) is 6.55. The molecule has 1 heterocycles. The van der Waals surface area contributed by atoms with E-state index in [-0.39, 0.29) is 41.1 Å². The summed E-state index contributed by atoms with van der Waals surface area (Å²) in [5, 5.41) is 3.69. The van der Waals surface area contributed by atoms with Gasteiger partial charge in [0.2, 0.25) is 0 Å². The van der Waals surface area contributed by atoms with E-state index in [0.29, 0.717) is 22.3 Å². The van der Waals surface area contributed by atoms with Crippen molar-refractivity contribution in [1.29, 1.82) is 0 Å². The Kier molecular flexibility index (Phi) is 4.48. The van der Waals surface area contributed by atoms with E-state index in [0.717, 1.165) is 43.8 Å². The minimum atomic E-state index is -0.473. The van der Waals surface area contributed by atoms with Crippen LogP contribution in [0.4, 0.5) is 0 Å². The summed E-state index contributed by atoms with van der Waals surface area (Å²) in [6.45, 7) is 0. The predicted octanol–water partition coefficient (Wildman–Crippen LogP) is 12.0. The maximum absolute atomic E-state index is 8.73. The molecule has 0 radical (unpaired) electrons. The lowest BCUT2D eigenvalue weighted by Crippen LogP contribution is -1.98. The number of rotatable bonds is 5. The molecule has 47 heavy (non-hydrogen) atoms. The van der Waals surface area contributed by atoms with Gasteiger partial charge in [0.05, 0.1) is 24.7 Å². The molecule has 0 aliphatic rings. The maximum atomic E-state index is 8.73. The summed E-state index contributed by atoms with van der Waals surface area (Å²) in [5.74, 6) is 0.226. The Morgan fingerprint density at radius 3 is 1.70 bits per heavy atom. The summed E-state index contributed by atoms with van der Waals surface area (Å²) in [6, 6.07) is 35.2. The van der Waals surface area contributed by atoms with Gasteiger partial charge in [-0.15, -0.1) is 0 Å². The van der Waals surface area contributed by atoms with E-state index in [4.69, 9.17) is 18.7 Å². The number of nitrogens with zero attached hydrogens (tertiary/aromatic N) is 2. The van der Waals surface area contributed by atoms with Crippen LogP contribution in [-0.2, 0) is 0 Å². The quantitative estimate of drug-likeness (QED) is 0.178. The van der Waals surface area contributed by atoms with Crippen molar-refractivity contribution in [2.75, 3.05) is 0 Å². The van der Waals surface area contributed by atoms with E-state index in [1.165, 1.54) is 0 Å². The molecule has 0 saturated carbocycles. The van der Waals surface area contributed by atoms with Gasteiger partial charge in [0.15, 0.2) is 0 Å². The number of fused-ring (bicyclic) bond motifs is 3. The van der Waals surface area contributed by atoms with Crippen LogP contribution in [0.1, 0.15) is 13.7 Å². The van der Waals surface area contributed by atoms with Crippen molar-refractivity contribution in [2.45, 2.75) is 0 Å². The molecule has 0 unspecified atom stereocenters. The highest BCUT2D eigenvalue weighted by Crippen LogP contribution is 2.45. The van der Waals surface area contributed by atoms with Gasteiger partial charge in [-0.1, -0.05) is 151 Å². The minimum Gasteiger partial charge on any atom is -0.292 e. The standard InChI is InChI=1S/C45H30N2/c1-4-14-31(15-5-1)35-26-29-39-40(30-35)44(32-16-6-2-7-17-32)38-21-11-10-20-37(38)43(39)33-24-27-36(28-25-33)47-42-23-13-12-22-41(42)46-45(47)34-18-8-3-9-19-34/h1-30H/i1D,3D,4D,5D,8D,9D,14D,15D,18D,19D. The summed E-state index contributed by atoms with van der Waals surface area (Å²) in [4.78, 5) is 4.79. The second-order valence-corrected chi connectivity index (χ2v) is 11.2. The highest BCUT2D eigenvalue weighted by molar-refractivity contribution is 6.22. The lowest BCUT2D eigenvalue weighted by Gasteiger charge is -2.19. The first-order chi connectivity index (χ1) is 27.5. The van der Waals surface area contributed by atoms with Crippen molar-refractivity contribution >= 4 is 32.6 Å². The van der Waals surface area contributed by atoms with E-state index in [1.54, 1.807) is 0 Å². The predicted molar refractivity (Wildman–Crippen MR) is 198 cm³/mol. The molecule has 0 spiro atoms. The van der Waals surface area contributed by atoms with Crippen molar-refractivity contribution in [1.82, 2.24) is 9.55 Å². The molecular weight excluding hydrogens is 569 g/mol. The first-order valence-electron chi connectivity index (χ1n) is 20.2. The van der Waals surface area contributed by atoms with Crippen LogP contribution >= 0.6 is 0 Å². The van der Waals surface area contributed by atoms with Crippen molar-refractivity contribution in [3.63, 3.8) is 0 Å². The van der Waals surface area contributed by atoms with E-state index < -0.39 is 36.3 Å². The maximum Gasteiger partial charge on any atom is 0.145 e. The summed E-state index contributed by atoms with van der Waals surface area (Å²) in [7, 11) is 0. The number of hydrogen-bond donors (Lipinski definition) is 0. The van der Waals surface area contributed by atoms with Gasteiger partial charge in [-0.2, -0.15) is 0 Å². The van der Waals surface area contributed by atoms with Crippen LogP contribution in [0.25, 0.3) is 83.0 Å². The zero-order chi connectivity index (χ0) is 39.9. The lowest BCUT2D eigenvalue weighted by atomic mass is 9.85. The SMILES string of the molecule is [2H]c1c([2H])c([2H])c(-c2ccc3c(-c4ccc(-n5c(-c6c([2H])c([2H])c([2H])c([2H])c6[2H])nc6ccccc65)cc4)c4ccccc4c(-c4ccccc4)c3c2)c([2H])c1[2H]. The van der Waals surface area contributed by atoms with E-state index >= 15 is 0 Å². The number of hydrogen-bond acceptors (Lipinski definition) is 1. The van der Waals surface area contributed by atoms with Gasteiger partial charge in [0.1, 0.15) is 5.82 Å². The molecule has 0 fully saturated rings. The molecular formula is C45H30N2. The Labute approximate surface area is 287 Å². The van der Waals surface area contributed by atoms with Crippen LogP contribution < -0.4 is 0 Å². The zero-order valence-electron chi connectivity index (χ0n) is 34.9. The molecule has 1 aromatic heterocycles. The van der Waals surface area contributed by atoms with Crippen LogP contribution in [0.2, 0.25) is 0 Å². The molecule has 220 valence electrons. The molecule has 0 aliphatic heterocycles. The summed E-state index contributed by atoms with van der Waals surface area (Å²) < 4.78 is 86.4. The average molecular weight is 609 g/mol. The van der Waals surface area contributed by atoms with Gasteiger partial charge < -0.3 is 0 Å². The molecule has 2 nitrogen and oxygen atoms in total. The van der Waals surface area contributed by atoms with Gasteiger partial charge in [0.25, 0.3) is 0 Å². The van der Waals surface area contributed by atoms with Crippen LogP contribution in [0, 0.1) is 0 Å². The highest BCUT2D eigenvalue weighted by atomic mass is 15.1. The number of aromatic nitrogens is 2. The molecule has 0 aliphatic carbocycles. The number of benzene rings is 8. The fraction of sp³-hybridized carbons (Fsp3) is 0. The number of para-hydroxylation sites is 2. The Hall–Kier alpha value is -6.25. The number of imidazole rings is 1. The minimum absolute atomic E-state index is 0.00434. The van der Waals surface area contributed by atoms with Crippen molar-refractivity contribution in [2.24, 2.45) is 0 Å². The van der Waals surface area contributed by atoms with E-state index in [1.807, 2.05) is 114 Å². The van der Waals surface area contributed by atoms with Gasteiger partial charge >= 0.3 is 0 Å². The molecule has 9 rings (SSSR count). The molecule has 0 saturated heterocycles. The smallest absolute Gasteiger partial charge is 0.145 e. The second kappa shape index (κ2) is 11.3. The Morgan fingerprint density at radius 2 is 0.979 bits per heavy atom. The van der Waals surface area contributed by atoms with Gasteiger partial charge in [0, 0.05) is 11.3 Å². The average Bonchev–Trinajstić information content (AvgIpc) is 3.62. The van der Waals surface area contributed by atoms with Crippen LogP contribution in [0.15, 0.2) is 182 Å². The first-order valence-corrected chi connectivity index (χ1v) is 15.2. The van der Waals surface area contributed by atoms with Crippen molar-refractivity contribution in [3.05, 3.63) is 182 Å². The topological polar surface area (TPSA) is 17.8 Å². The zero-order valence-corrected chi connectivity index (χ0v) is 24.9. The molecule has 0 N–H and O–H groups in total. The Bertz CT molecular complexity index is 3060. The van der Waals surface area contributed by atoms with E-state index in [9.17, 15) is 0 Å². The fourth-order valence-electron chi connectivity index (χ4n) is 6.55. The van der Waals surface area contributed by atoms with E-state index in [2.05, 4.69) is 12.1 Å². The lowest BCUT2D eigenvalue weighted by molar-refractivity contribution is 1.10. The first kappa shape index (κ1) is 18.7. The Morgan fingerprint density at radius 1 is 0.426 bits per heavy atom. The molecule has 0 bridgehead atoms. The van der Waals surface area contributed by atoms with Gasteiger partial charge in [-0.25, -0.2) is 4.98 Å². The third-order valence-corrected chi connectivity index (χ3v) is 8.57. The third-order valence-electron chi connectivity index (χ3n) is 8.57. The summed E-state index contributed by atoms with van der Waals surface area (Å²) in [5.41, 5.74) is 6.34. The van der Waals surface area contributed by atoms with Gasteiger partial charge in [-0.05, 0) is 85.3 Å². The van der Waals surface area contributed by atoms with Crippen LogP contribution in [0.3, 0.4) is 0 Å². The monoisotopic (exact) mass is 608 g/mol. The van der Waals surface area contributed by atoms with Gasteiger partial charge in [-0.3, -0.25) is 4.57 Å².